The van der Waals surface area contributed by atoms with Gasteiger partial charge in [-0.15, -0.1) is 0 Å². The molecule has 7 rings (SSSR count). The molecule has 1 aromatic carbocycles. The smallest absolute Gasteiger partial charge is 0.263 e. The van der Waals surface area contributed by atoms with Gasteiger partial charge in [-0.1, -0.05) is 24.4 Å². The summed E-state index contributed by atoms with van der Waals surface area (Å²) in [4.78, 5) is 40.3. The van der Waals surface area contributed by atoms with Gasteiger partial charge in [0.2, 0.25) is 5.95 Å². The Morgan fingerprint density at radius 1 is 1.07 bits per heavy atom. The van der Waals surface area contributed by atoms with Crippen molar-refractivity contribution < 1.29 is 14.3 Å². The Morgan fingerprint density at radius 2 is 1.86 bits per heavy atom. The van der Waals surface area contributed by atoms with Gasteiger partial charge in [0.15, 0.2) is 5.78 Å². The molecule has 1 N–H and O–H groups in total. The third kappa shape index (κ3) is 4.83. The summed E-state index contributed by atoms with van der Waals surface area (Å²) in [7, 11) is 0. The van der Waals surface area contributed by atoms with E-state index in [1.54, 1.807) is 17.7 Å². The molecule has 0 radical (unpaired) electrons. The number of rotatable bonds is 5. The fourth-order valence-electron chi connectivity index (χ4n) is 7.36. The van der Waals surface area contributed by atoms with E-state index >= 15 is 0 Å². The zero-order valence-electron chi connectivity index (χ0n) is 24.2. The molecule has 0 amide bonds. The highest BCUT2D eigenvalue weighted by atomic mass is 35.5. The molecular formula is C31H37ClN6O4. The first-order valence-electron chi connectivity index (χ1n) is 15.1. The van der Waals surface area contributed by atoms with Crippen molar-refractivity contribution in [3.63, 3.8) is 0 Å². The number of carbonyl (C=O) groups is 1. The predicted molar refractivity (Wildman–Crippen MR) is 163 cm³/mol. The molecule has 1 atom stereocenters. The fourth-order valence-corrected chi connectivity index (χ4v) is 7.68. The molecular weight excluding hydrogens is 556 g/mol. The number of hydrogen-bond donors (Lipinski definition) is 1. The maximum Gasteiger partial charge on any atom is 0.263 e. The van der Waals surface area contributed by atoms with Gasteiger partial charge in [-0.2, -0.15) is 4.98 Å². The lowest BCUT2D eigenvalue weighted by atomic mass is 10.0. The minimum atomic E-state index is -0.263. The Hall–Kier alpha value is -3.21. The quantitative estimate of drug-likeness (QED) is 0.415. The predicted octanol–water partition coefficient (Wildman–Crippen LogP) is 4.88. The van der Waals surface area contributed by atoms with Gasteiger partial charge >= 0.3 is 0 Å². The number of nitrogens with one attached hydrogen (secondary N) is 1. The summed E-state index contributed by atoms with van der Waals surface area (Å²) in [6.07, 6.45) is 7.77. The summed E-state index contributed by atoms with van der Waals surface area (Å²) >= 11 is 6.90. The number of halogens is 1. The monoisotopic (exact) mass is 592 g/mol. The van der Waals surface area contributed by atoms with Crippen LogP contribution in [0, 0.1) is 6.92 Å². The first-order chi connectivity index (χ1) is 20.4. The number of carbonyl (C=O) groups excluding carboxylic acids is 1. The summed E-state index contributed by atoms with van der Waals surface area (Å²) in [6.45, 7) is 8.39. The van der Waals surface area contributed by atoms with E-state index in [4.69, 9.17) is 26.1 Å². The van der Waals surface area contributed by atoms with Gasteiger partial charge in [0.25, 0.3) is 5.56 Å². The summed E-state index contributed by atoms with van der Waals surface area (Å²) in [6, 6.07) is 4.69. The van der Waals surface area contributed by atoms with Gasteiger partial charge in [-0.05, 0) is 51.2 Å². The highest BCUT2D eigenvalue weighted by Gasteiger charge is 2.37. The molecule has 1 aliphatic carbocycles. The van der Waals surface area contributed by atoms with E-state index in [-0.39, 0.29) is 29.0 Å². The van der Waals surface area contributed by atoms with Crippen LogP contribution in [0.25, 0.3) is 11.0 Å². The summed E-state index contributed by atoms with van der Waals surface area (Å²) in [5.74, 6) is 0.869. The number of pyridine rings is 1. The van der Waals surface area contributed by atoms with Gasteiger partial charge in [0.05, 0.1) is 22.3 Å². The van der Waals surface area contributed by atoms with Crippen LogP contribution in [0.2, 0.25) is 5.02 Å². The third-order valence-electron chi connectivity index (χ3n) is 9.47. The molecule has 0 spiro atoms. The average Bonchev–Trinajstić information content (AvgIpc) is 3.51. The van der Waals surface area contributed by atoms with Crippen molar-refractivity contribution in [1.29, 1.82) is 0 Å². The molecule has 2 saturated heterocycles. The first-order valence-corrected chi connectivity index (χ1v) is 15.5. The van der Waals surface area contributed by atoms with Crippen molar-refractivity contribution in [2.24, 2.45) is 0 Å². The van der Waals surface area contributed by atoms with E-state index in [9.17, 15) is 9.59 Å². The van der Waals surface area contributed by atoms with Gasteiger partial charge in [-0.3, -0.25) is 19.1 Å². The summed E-state index contributed by atoms with van der Waals surface area (Å²) < 4.78 is 13.6. The highest BCUT2D eigenvalue weighted by molar-refractivity contribution is 6.34. The van der Waals surface area contributed by atoms with Gasteiger partial charge < -0.3 is 19.7 Å². The van der Waals surface area contributed by atoms with Crippen molar-refractivity contribution in [2.75, 3.05) is 49.7 Å². The second-order valence-electron chi connectivity index (χ2n) is 12.0. The zero-order valence-corrected chi connectivity index (χ0v) is 25.0. The number of Topliss-reactive ketones (excluding diaryl/α,β-unsaturated/α-hetero) is 1. The molecule has 0 bridgehead atoms. The van der Waals surface area contributed by atoms with Gasteiger partial charge in [0, 0.05) is 68.3 Å². The van der Waals surface area contributed by atoms with Crippen LogP contribution >= 0.6 is 11.6 Å². The molecule has 4 aliphatic rings. The molecule has 10 nitrogen and oxygen atoms in total. The van der Waals surface area contributed by atoms with Crippen LogP contribution in [0.4, 0.5) is 17.3 Å². The number of nitrogens with zero attached hydrogens (tertiary/aromatic N) is 5. The Labute approximate surface area is 250 Å². The lowest BCUT2D eigenvalue weighted by Crippen LogP contribution is -2.60. The van der Waals surface area contributed by atoms with Crippen LogP contribution in [0.5, 0.6) is 5.75 Å². The topological polar surface area (TPSA) is 102 Å². The third-order valence-corrected chi connectivity index (χ3v) is 9.76. The van der Waals surface area contributed by atoms with Crippen LogP contribution in [-0.4, -0.2) is 76.8 Å². The largest absolute Gasteiger partial charge is 0.489 e. The number of piperazine rings is 1. The number of anilines is 3. The van der Waals surface area contributed by atoms with Crippen molar-refractivity contribution in [1.82, 2.24) is 19.4 Å². The van der Waals surface area contributed by atoms with Crippen molar-refractivity contribution in [3.05, 3.63) is 44.8 Å². The molecule has 1 saturated carbocycles. The normalized spacial score (nSPS) is 21.7. The molecule has 42 heavy (non-hydrogen) atoms. The van der Waals surface area contributed by atoms with E-state index in [2.05, 4.69) is 20.1 Å². The van der Waals surface area contributed by atoms with Crippen LogP contribution < -0.4 is 20.5 Å². The highest BCUT2D eigenvalue weighted by Crippen LogP contribution is 2.44. The van der Waals surface area contributed by atoms with E-state index < -0.39 is 0 Å². The van der Waals surface area contributed by atoms with E-state index in [0.717, 1.165) is 88.2 Å². The standard InChI is InChI=1S/C31H37ClN6O4/c1-18-24-15-33-31(35-29(24)38(22-5-3-4-6-22)30(40)27(18)19(2)39)34-20-13-25(32)28-26(14-20)42-17-23-16-36(9-10-37(23)28)21-7-11-41-12-8-21/h13-15,21-23H,3-12,16-17H2,1-2H3,(H,33,34,35)/t23-/m0/s1. The van der Waals surface area contributed by atoms with Crippen molar-refractivity contribution in [2.45, 2.75) is 70.5 Å². The molecule has 3 aliphatic heterocycles. The maximum absolute atomic E-state index is 13.5. The second-order valence-corrected chi connectivity index (χ2v) is 12.4. The van der Waals surface area contributed by atoms with E-state index in [0.29, 0.717) is 40.5 Å². The number of aromatic nitrogens is 3. The summed E-state index contributed by atoms with van der Waals surface area (Å²) in [5.41, 5.74) is 2.79. The zero-order chi connectivity index (χ0) is 29.0. The maximum atomic E-state index is 13.5. The van der Waals surface area contributed by atoms with Crippen LogP contribution in [0.3, 0.4) is 0 Å². The van der Waals surface area contributed by atoms with Gasteiger partial charge in [0.1, 0.15) is 18.0 Å². The average molecular weight is 593 g/mol. The minimum Gasteiger partial charge on any atom is -0.489 e. The SMILES string of the molecule is CC(=O)c1c(C)c2cnc(Nc3cc(Cl)c4c(c3)OC[C@@H]3CN(C5CCOCC5)CCN43)nc2n(C2CCCC2)c1=O. The molecule has 3 fully saturated rings. The molecule has 11 heteroatoms. The molecule has 222 valence electrons. The first kappa shape index (κ1) is 27.6. The van der Waals surface area contributed by atoms with Gasteiger partial charge in [-0.25, -0.2) is 4.98 Å². The number of hydrogen-bond acceptors (Lipinski definition) is 9. The Morgan fingerprint density at radius 3 is 2.62 bits per heavy atom. The van der Waals surface area contributed by atoms with E-state index in [1.165, 1.54) is 6.92 Å². The molecule has 3 aromatic rings. The minimum absolute atomic E-state index is 0.0212. The van der Waals surface area contributed by atoms with Crippen molar-refractivity contribution >= 4 is 45.7 Å². The van der Waals surface area contributed by atoms with Crippen LogP contribution in [-0.2, 0) is 4.74 Å². The number of ether oxygens (including phenoxy) is 2. The number of benzene rings is 1. The summed E-state index contributed by atoms with van der Waals surface area (Å²) in [5, 5.41) is 4.63. The Balaban J connectivity index is 1.18. The Bertz CT molecular complexity index is 1600. The van der Waals surface area contributed by atoms with Crippen molar-refractivity contribution in [3.8, 4) is 5.75 Å². The number of aryl methyl sites for hydroxylation is 1. The van der Waals surface area contributed by atoms with Crippen LogP contribution in [0.15, 0.2) is 23.1 Å². The Kier molecular flexibility index (Phi) is 7.32. The molecule has 2 aromatic heterocycles. The van der Waals surface area contributed by atoms with Crippen LogP contribution in [0.1, 0.15) is 67.4 Å². The number of ketones is 1. The van der Waals surface area contributed by atoms with E-state index in [1.807, 2.05) is 12.1 Å². The lowest BCUT2D eigenvalue weighted by molar-refractivity contribution is 0.0231. The molecule has 5 heterocycles. The second kappa shape index (κ2) is 11.1. The lowest BCUT2D eigenvalue weighted by Gasteiger charge is -2.48. The molecule has 0 unspecified atom stereocenters. The number of fused-ring (bicyclic) bond motifs is 4. The fraction of sp³-hybridized carbons (Fsp3) is 0.548.